The molecule has 6 heteroatoms. The van der Waals surface area contributed by atoms with E-state index in [0.29, 0.717) is 16.5 Å². The molecule has 1 unspecified atom stereocenters. The van der Waals surface area contributed by atoms with Crippen LogP contribution in [0, 0.1) is 5.92 Å². The lowest BCUT2D eigenvalue weighted by atomic mass is 9.97. The van der Waals surface area contributed by atoms with Crippen molar-refractivity contribution in [3.8, 4) is 0 Å². The topological polar surface area (TPSA) is 32.3 Å². The highest BCUT2D eigenvalue weighted by molar-refractivity contribution is 9.10. The molecule has 1 fully saturated rings. The monoisotopic (exact) mass is 380 g/mol. The molecular formula is C14H19BrCl2N2O. The van der Waals surface area contributed by atoms with Gasteiger partial charge in [-0.3, -0.25) is 4.79 Å². The number of likely N-dealkylation sites (tertiary alicyclic amines) is 1. The van der Waals surface area contributed by atoms with E-state index in [2.05, 4.69) is 21.2 Å². The number of nitrogens with zero attached hydrogens (tertiary/aromatic N) is 1. The number of carbonyl (C=O) groups is 1. The summed E-state index contributed by atoms with van der Waals surface area (Å²) in [4.78, 5) is 14.4. The number of rotatable bonds is 3. The summed E-state index contributed by atoms with van der Waals surface area (Å²) in [5.74, 6) is 0.579. The Morgan fingerprint density at radius 1 is 1.55 bits per heavy atom. The Morgan fingerprint density at radius 3 is 2.95 bits per heavy atom. The maximum Gasteiger partial charge on any atom is 0.255 e. The number of hydrogen-bond donors (Lipinski definition) is 1. The van der Waals surface area contributed by atoms with Crippen LogP contribution in [0.2, 0.25) is 5.02 Å². The largest absolute Gasteiger partial charge is 0.338 e. The number of halogens is 3. The molecule has 1 atom stereocenters. The third-order valence-electron chi connectivity index (χ3n) is 3.46. The van der Waals surface area contributed by atoms with Crippen molar-refractivity contribution in [2.45, 2.75) is 12.8 Å². The second-order valence-corrected chi connectivity index (χ2v) is 6.26. The molecule has 1 aliphatic rings. The quantitative estimate of drug-likeness (QED) is 0.867. The lowest BCUT2D eigenvalue weighted by Crippen LogP contribution is -2.42. The van der Waals surface area contributed by atoms with Crippen LogP contribution in [0.25, 0.3) is 0 Å². The molecule has 1 amide bonds. The fourth-order valence-corrected chi connectivity index (χ4v) is 3.29. The standard InChI is InChI=1S/C14H18BrClN2O.ClH/c1-17-8-10-3-2-6-18(9-10)14(19)12-5-4-11(15)7-13(12)16;/h4-5,7,10,17H,2-3,6,8-9H2,1H3;1H. The fraction of sp³-hybridized carbons (Fsp3) is 0.500. The van der Waals surface area contributed by atoms with Crippen molar-refractivity contribution in [2.24, 2.45) is 5.92 Å². The Labute approximate surface area is 139 Å². The van der Waals surface area contributed by atoms with Crippen LogP contribution in [0.1, 0.15) is 23.2 Å². The van der Waals surface area contributed by atoms with Crippen LogP contribution in [0.3, 0.4) is 0 Å². The maximum atomic E-state index is 12.5. The van der Waals surface area contributed by atoms with Crippen molar-refractivity contribution in [1.29, 1.82) is 0 Å². The van der Waals surface area contributed by atoms with Crippen molar-refractivity contribution in [2.75, 3.05) is 26.7 Å². The Balaban J connectivity index is 0.00000200. The first kappa shape index (κ1) is 17.8. The number of nitrogens with one attached hydrogen (secondary N) is 1. The Bertz CT molecular complexity index is 468. The predicted molar refractivity (Wildman–Crippen MR) is 89.0 cm³/mol. The van der Waals surface area contributed by atoms with Crippen LogP contribution in [0.4, 0.5) is 0 Å². The zero-order valence-electron chi connectivity index (χ0n) is 11.4. The second kappa shape index (κ2) is 8.23. The van der Waals surface area contributed by atoms with E-state index >= 15 is 0 Å². The molecule has 0 aliphatic carbocycles. The van der Waals surface area contributed by atoms with E-state index in [0.717, 1.165) is 30.5 Å². The smallest absolute Gasteiger partial charge is 0.255 e. The minimum atomic E-state index is 0. The van der Waals surface area contributed by atoms with Crippen LogP contribution in [0.15, 0.2) is 22.7 Å². The van der Waals surface area contributed by atoms with Gasteiger partial charge in [-0.2, -0.15) is 0 Å². The van der Waals surface area contributed by atoms with Gasteiger partial charge < -0.3 is 10.2 Å². The summed E-state index contributed by atoms with van der Waals surface area (Å²) in [5, 5.41) is 3.69. The van der Waals surface area contributed by atoms with Gasteiger partial charge in [0.25, 0.3) is 5.91 Å². The Kier molecular flexibility index (Phi) is 7.30. The Hall–Kier alpha value is -0.290. The molecule has 1 aromatic rings. The van der Waals surface area contributed by atoms with Crippen molar-refractivity contribution in [3.63, 3.8) is 0 Å². The van der Waals surface area contributed by atoms with Gasteiger partial charge >= 0.3 is 0 Å². The molecular weight excluding hydrogens is 363 g/mol. The summed E-state index contributed by atoms with van der Waals surface area (Å²) >= 11 is 9.51. The van der Waals surface area contributed by atoms with Gasteiger partial charge in [0.15, 0.2) is 0 Å². The second-order valence-electron chi connectivity index (χ2n) is 4.94. The highest BCUT2D eigenvalue weighted by atomic mass is 79.9. The van der Waals surface area contributed by atoms with Crippen molar-refractivity contribution < 1.29 is 4.79 Å². The first-order chi connectivity index (χ1) is 9.11. The summed E-state index contributed by atoms with van der Waals surface area (Å²) in [6.07, 6.45) is 2.24. The summed E-state index contributed by atoms with van der Waals surface area (Å²) < 4.78 is 0.890. The lowest BCUT2D eigenvalue weighted by molar-refractivity contribution is 0.0674. The molecule has 112 valence electrons. The molecule has 0 spiro atoms. The van der Waals surface area contributed by atoms with Crippen molar-refractivity contribution >= 4 is 45.8 Å². The highest BCUT2D eigenvalue weighted by Crippen LogP contribution is 2.25. The summed E-state index contributed by atoms with van der Waals surface area (Å²) in [7, 11) is 1.95. The molecule has 0 bridgehead atoms. The molecule has 2 rings (SSSR count). The summed E-state index contributed by atoms with van der Waals surface area (Å²) in [5.41, 5.74) is 0.593. The first-order valence-electron chi connectivity index (χ1n) is 6.50. The van der Waals surface area contributed by atoms with Crippen molar-refractivity contribution in [1.82, 2.24) is 10.2 Å². The minimum absolute atomic E-state index is 0. The van der Waals surface area contributed by atoms with E-state index in [1.807, 2.05) is 18.0 Å². The molecule has 0 radical (unpaired) electrons. The number of carbonyl (C=O) groups excluding carboxylic acids is 1. The molecule has 20 heavy (non-hydrogen) atoms. The third-order valence-corrected chi connectivity index (χ3v) is 4.27. The van der Waals surface area contributed by atoms with Gasteiger partial charge in [0.1, 0.15) is 0 Å². The Morgan fingerprint density at radius 2 is 2.30 bits per heavy atom. The summed E-state index contributed by atoms with van der Waals surface area (Å²) in [6, 6.07) is 5.41. The molecule has 0 aromatic heterocycles. The number of amides is 1. The normalized spacial score (nSPS) is 18.6. The number of piperidine rings is 1. The molecule has 1 N–H and O–H groups in total. The van der Waals surface area contributed by atoms with E-state index in [-0.39, 0.29) is 18.3 Å². The third kappa shape index (κ3) is 4.35. The minimum Gasteiger partial charge on any atom is -0.338 e. The van der Waals surface area contributed by atoms with Gasteiger partial charge in [-0.1, -0.05) is 27.5 Å². The number of hydrogen-bond acceptors (Lipinski definition) is 2. The van der Waals surface area contributed by atoms with Gasteiger partial charge in [-0.25, -0.2) is 0 Å². The maximum absolute atomic E-state index is 12.5. The molecule has 0 saturated carbocycles. The fourth-order valence-electron chi connectivity index (χ4n) is 2.54. The first-order valence-corrected chi connectivity index (χ1v) is 7.68. The van der Waals surface area contributed by atoms with Gasteiger partial charge in [-0.05, 0) is 50.6 Å². The SMILES string of the molecule is CNCC1CCCN(C(=O)c2ccc(Br)cc2Cl)C1.Cl. The molecule has 1 aromatic carbocycles. The van der Waals surface area contributed by atoms with Gasteiger partial charge in [0.05, 0.1) is 10.6 Å². The van der Waals surface area contributed by atoms with Crippen LogP contribution in [-0.4, -0.2) is 37.5 Å². The molecule has 1 aliphatic heterocycles. The van der Waals surface area contributed by atoms with Gasteiger partial charge in [-0.15, -0.1) is 12.4 Å². The van der Waals surface area contributed by atoms with E-state index < -0.39 is 0 Å². The van der Waals surface area contributed by atoms with Crippen LogP contribution < -0.4 is 5.32 Å². The molecule has 1 saturated heterocycles. The zero-order valence-corrected chi connectivity index (χ0v) is 14.5. The zero-order chi connectivity index (χ0) is 13.8. The van der Waals surface area contributed by atoms with E-state index in [1.54, 1.807) is 12.1 Å². The van der Waals surface area contributed by atoms with E-state index in [1.165, 1.54) is 6.42 Å². The summed E-state index contributed by atoms with van der Waals surface area (Å²) in [6.45, 7) is 2.59. The van der Waals surface area contributed by atoms with Gasteiger partial charge in [0, 0.05) is 17.6 Å². The van der Waals surface area contributed by atoms with Crippen LogP contribution in [-0.2, 0) is 0 Å². The average Bonchev–Trinajstić information content (AvgIpc) is 2.39. The predicted octanol–water partition coefficient (Wildman–Crippen LogP) is 3.60. The van der Waals surface area contributed by atoms with E-state index in [9.17, 15) is 4.79 Å². The van der Waals surface area contributed by atoms with Crippen LogP contribution in [0.5, 0.6) is 0 Å². The molecule has 1 heterocycles. The highest BCUT2D eigenvalue weighted by Gasteiger charge is 2.25. The molecule has 3 nitrogen and oxygen atoms in total. The van der Waals surface area contributed by atoms with E-state index in [4.69, 9.17) is 11.6 Å². The number of benzene rings is 1. The van der Waals surface area contributed by atoms with Crippen molar-refractivity contribution in [3.05, 3.63) is 33.3 Å². The average molecular weight is 382 g/mol. The van der Waals surface area contributed by atoms with Crippen LogP contribution >= 0.6 is 39.9 Å². The van der Waals surface area contributed by atoms with Gasteiger partial charge in [0.2, 0.25) is 0 Å². The lowest BCUT2D eigenvalue weighted by Gasteiger charge is -2.33.